The van der Waals surface area contributed by atoms with E-state index in [9.17, 15) is 0 Å². The maximum Gasteiger partial charge on any atom is 0.318 e. The molecule has 0 radical (unpaired) electrons. The van der Waals surface area contributed by atoms with Crippen LogP contribution in [0.1, 0.15) is 19.8 Å². The second-order valence-electron chi connectivity index (χ2n) is 2.47. The number of unbranched alkanes of at least 4 members (excludes halogenated alkanes) is 1. The molecule has 1 heterocycles. The number of nitrogens with two attached hydrogens (primary N) is 1. The third-order valence-corrected chi connectivity index (χ3v) is 1.38. The van der Waals surface area contributed by atoms with Gasteiger partial charge in [0.05, 0.1) is 6.61 Å². The molecule has 0 aliphatic carbocycles. The summed E-state index contributed by atoms with van der Waals surface area (Å²) >= 11 is 0. The van der Waals surface area contributed by atoms with Crippen LogP contribution in [0.2, 0.25) is 0 Å². The molecular formula is C8H13N3O. The molecule has 0 saturated carbocycles. The number of aromatic nitrogens is 2. The van der Waals surface area contributed by atoms with E-state index in [1.54, 1.807) is 12.3 Å². The molecule has 2 N–H and O–H groups in total. The summed E-state index contributed by atoms with van der Waals surface area (Å²) in [6.45, 7) is 2.75. The molecule has 0 bridgehead atoms. The number of rotatable bonds is 4. The average molecular weight is 167 g/mol. The molecular weight excluding hydrogens is 154 g/mol. The first-order chi connectivity index (χ1) is 5.83. The molecule has 0 spiro atoms. The molecule has 66 valence electrons. The van der Waals surface area contributed by atoms with E-state index in [2.05, 4.69) is 16.9 Å². The van der Waals surface area contributed by atoms with E-state index >= 15 is 0 Å². The van der Waals surface area contributed by atoms with Gasteiger partial charge in [0.2, 0.25) is 0 Å². The molecule has 0 fully saturated rings. The van der Waals surface area contributed by atoms with Crippen LogP contribution in [0.5, 0.6) is 6.01 Å². The SMILES string of the molecule is CCCCOc1nccc(N)n1. The van der Waals surface area contributed by atoms with Gasteiger partial charge in [0, 0.05) is 6.20 Å². The van der Waals surface area contributed by atoms with Gasteiger partial charge in [0.25, 0.3) is 0 Å². The Kier molecular flexibility index (Phi) is 3.32. The predicted octanol–water partition coefficient (Wildman–Crippen LogP) is 1.24. The van der Waals surface area contributed by atoms with Crippen LogP contribution in [0.4, 0.5) is 5.82 Å². The lowest BCUT2D eigenvalue weighted by atomic mass is 10.4. The van der Waals surface area contributed by atoms with Crippen molar-refractivity contribution >= 4 is 5.82 Å². The molecule has 1 rings (SSSR count). The van der Waals surface area contributed by atoms with Gasteiger partial charge >= 0.3 is 6.01 Å². The summed E-state index contributed by atoms with van der Waals surface area (Å²) in [5, 5.41) is 0. The molecule has 0 aliphatic rings. The molecule has 0 unspecified atom stereocenters. The van der Waals surface area contributed by atoms with E-state index in [-0.39, 0.29) is 0 Å². The Bertz CT molecular complexity index is 239. The predicted molar refractivity (Wildman–Crippen MR) is 46.8 cm³/mol. The summed E-state index contributed by atoms with van der Waals surface area (Å²) in [7, 11) is 0. The molecule has 0 saturated heterocycles. The third kappa shape index (κ3) is 2.74. The molecule has 0 aliphatic heterocycles. The Hall–Kier alpha value is -1.32. The minimum Gasteiger partial charge on any atom is -0.463 e. The largest absolute Gasteiger partial charge is 0.463 e. The highest BCUT2D eigenvalue weighted by molar-refractivity contribution is 5.26. The van der Waals surface area contributed by atoms with Crippen molar-refractivity contribution in [2.45, 2.75) is 19.8 Å². The third-order valence-electron chi connectivity index (χ3n) is 1.38. The van der Waals surface area contributed by atoms with Gasteiger partial charge in [0.15, 0.2) is 0 Å². The lowest BCUT2D eigenvalue weighted by molar-refractivity contribution is 0.286. The summed E-state index contributed by atoms with van der Waals surface area (Å²) in [5.74, 6) is 0.441. The van der Waals surface area contributed by atoms with Crippen molar-refractivity contribution in [3.8, 4) is 6.01 Å². The van der Waals surface area contributed by atoms with E-state index in [1.165, 1.54) is 0 Å². The van der Waals surface area contributed by atoms with Crippen LogP contribution in [0.15, 0.2) is 12.3 Å². The maximum absolute atomic E-state index is 5.43. The fraction of sp³-hybridized carbons (Fsp3) is 0.500. The number of hydrogen-bond donors (Lipinski definition) is 1. The van der Waals surface area contributed by atoms with Crippen LogP contribution < -0.4 is 10.5 Å². The van der Waals surface area contributed by atoms with Crippen LogP contribution in [0, 0.1) is 0 Å². The van der Waals surface area contributed by atoms with Crippen LogP contribution >= 0.6 is 0 Å². The molecule has 4 heteroatoms. The normalized spacial score (nSPS) is 9.75. The van der Waals surface area contributed by atoms with Gasteiger partial charge < -0.3 is 10.5 Å². The smallest absolute Gasteiger partial charge is 0.318 e. The fourth-order valence-electron chi connectivity index (χ4n) is 0.731. The van der Waals surface area contributed by atoms with E-state index in [1.807, 2.05) is 0 Å². The summed E-state index contributed by atoms with van der Waals surface area (Å²) in [6.07, 6.45) is 3.70. The number of nitrogens with zero attached hydrogens (tertiary/aromatic N) is 2. The molecule has 0 atom stereocenters. The average Bonchev–Trinajstić information content (AvgIpc) is 2.05. The molecule has 1 aromatic heterocycles. The number of ether oxygens (including phenoxy) is 1. The first-order valence-electron chi connectivity index (χ1n) is 4.04. The van der Waals surface area contributed by atoms with Gasteiger partial charge in [-0.25, -0.2) is 4.98 Å². The van der Waals surface area contributed by atoms with Crippen LogP contribution in [0.25, 0.3) is 0 Å². The lowest BCUT2D eigenvalue weighted by Crippen LogP contribution is -2.01. The van der Waals surface area contributed by atoms with Crippen molar-refractivity contribution in [2.24, 2.45) is 0 Å². The first-order valence-corrected chi connectivity index (χ1v) is 4.04. The Morgan fingerprint density at radius 1 is 1.58 bits per heavy atom. The highest BCUT2D eigenvalue weighted by Gasteiger charge is 1.95. The summed E-state index contributed by atoms with van der Waals surface area (Å²) in [6, 6.07) is 2.00. The zero-order valence-electron chi connectivity index (χ0n) is 7.16. The number of nitrogen functional groups attached to an aromatic ring is 1. The first kappa shape index (κ1) is 8.77. The Labute approximate surface area is 71.8 Å². The molecule has 12 heavy (non-hydrogen) atoms. The Morgan fingerprint density at radius 3 is 3.08 bits per heavy atom. The molecule has 4 nitrogen and oxygen atoms in total. The van der Waals surface area contributed by atoms with E-state index in [0.717, 1.165) is 12.8 Å². The Balaban J connectivity index is 2.41. The van der Waals surface area contributed by atoms with Crippen LogP contribution in [0.3, 0.4) is 0 Å². The molecule has 0 amide bonds. The zero-order valence-corrected chi connectivity index (χ0v) is 7.16. The maximum atomic E-state index is 5.43. The zero-order chi connectivity index (χ0) is 8.81. The molecule has 1 aromatic rings. The van der Waals surface area contributed by atoms with Crippen molar-refractivity contribution in [1.29, 1.82) is 0 Å². The number of anilines is 1. The van der Waals surface area contributed by atoms with Gasteiger partial charge in [0.1, 0.15) is 5.82 Å². The highest BCUT2D eigenvalue weighted by Crippen LogP contribution is 2.04. The van der Waals surface area contributed by atoms with Crippen molar-refractivity contribution in [3.63, 3.8) is 0 Å². The second-order valence-corrected chi connectivity index (χ2v) is 2.47. The van der Waals surface area contributed by atoms with Gasteiger partial charge in [-0.2, -0.15) is 4.98 Å². The standard InChI is InChI=1S/C8H13N3O/c1-2-3-6-12-8-10-5-4-7(9)11-8/h4-5H,2-3,6H2,1H3,(H2,9,10,11). The van der Waals surface area contributed by atoms with Crippen LogP contribution in [-0.2, 0) is 0 Å². The highest BCUT2D eigenvalue weighted by atomic mass is 16.5. The van der Waals surface area contributed by atoms with Crippen molar-refractivity contribution in [1.82, 2.24) is 9.97 Å². The van der Waals surface area contributed by atoms with Gasteiger partial charge in [-0.3, -0.25) is 0 Å². The van der Waals surface area contributed by atoms with Crippen molar-refractivity contribution < 1.29 is 4.74 Å². The fourth-order valence-corrected chi connectivity index (χ4v) is 0.731. The van der Waals surface area contributed by atoms with E-state index in [0.29, 0.717) is 18.4 Å². The van der Waals surface area contributed by atoms with Crippen molar-refractivity contribution in [2.75, 3.05) is 12.3 Å². The summed E-state index contributed by atoms with van der Waals surface area (Å²) in [5.41, 5.74) is 5.43. The van der Waals surface area contributed by atoms with E-state index < -0.39 is 0 Å². The topological polar surface area (TPSA) is 61.0 Å². The number of hydrogen-bond acceptors (Lipinski definition) is 4. The van der Waals surface area contributed by atoms with Crippen LogP contribution in [-0.4, -0.2) is 16.6 Å². The second kappa shape index (κ2) is 4.54. The Morgan fingerprint density at radius 2 is 2.42 bits per heavy atom. The van der Waals surface area contributed by atoms with Gasteiger partial charge in [-0.05, 0) is 12.5 Å². The monoisotopic (exact) mass is 167 g/mol. The van der Waals surface area contributed by atoms with E-state index in [4.69, 9.17) is 10.5 Å². The summed E-state index contributed by atoms with van der Waals surface area (Å²) < 4.78 is 5.22. The minimum atomic E-state index is 0.364. The lowest BCUT2D eigenvalue weighted by Gasteiger charge is -2.02. The van der Waals surface area contributed by atoms with Gasteiger partial charge in [-0.15, -0.1) is 0 Å². The quantitative estimate of drug-likeness (QED) is 0.685. The summed E-state index contributed by atoms with van der Waals surface area (Å²) in [4.78, 5) is 7.79. The van der Waals surface area contributed by atoms with Crippen molar-refractivity contribution in [3.05, 3.63) is 12.3 Å². The minimum absolute atomic E-state index is 0.364. The molecule has 0 aromatic carbocycles. The van der Waals surface area contributed by atoms with Gasteiger partial charge in [-0.1, -0.05) is 13.3 Å².